The average Bonchev–Trinajstić information content (AvgIpc) is 3.20. The molecule has 2 N–H and O–H groups in total. The molecule has 1 aromatic heterocycles. The van der Waals surface area contributed by atoms with Gasteiger partial charge in [-0.05, 0) is 55.4 Å². The van der Waals surface area contributed by atoms with Crippen LogP contribution >= 0.6 is 0 Å². The minimum absolute atomic E-state index is 0.223. The lowest BCUT2D eigenvalue weighted by atomic mass is 9.86. The van der Waals surface area contributed by atoms with E-state index in [2.05, 4.69) is 30.8 Å². The van der Waals surface area contributed by atoms with E-state index < -0.39 is 5.54 Å². The summed E-state index contributed by atoms with van der Waals surface area (Å²) in [6.45, 7) is 2.37. The summed E-state index contributed by atoms with van der Waals surface area (Å²) in [6, 6.07) is 8.00. The third-order valence-corrected chi connectivity index (χ3v) is 4.83. The molecular formula is C15H19N7O. The summed E-state index contributed by atoms with van der Waals surface area (Å²) in [5.41, 5.74) is 1.55. The normalized spacial score (nSPS) is 20.5. The Labute approximate surface area is 133 Å². The maximum Gasteiger partial charge on any atom is 0.249 e. The molecule has 0 saturated carbocycles. The molecule has 2 aromatic rings. The van der Waals surface area contributed by atoms with Crippen LogP contribution in [-0.4, -0.2) is 63.8 Å². The van der Waals surface area contributed by atoms with Gasteiger partial charge in [-0.2, -0.15) is 5.21 Å². The van der Waals surface area contributed by atoms with Crippen LogP contribution in [-0.2, 0) is 4.79 Å². The highest BCUT2D eigenvalue weighted by molar-refractivity contribution is 5.93. The number of anilines is 1. The van der Waals surface area contributed by atoms with Crippen LogP contribution in [0.15, 0.2) is 24.3 Å². The zero-order chi connectivity index (χ0) is 15.9. The Hall–Kier alpha value is -2.48. The van der Waals surface area contributed by atoms with Crippen LogP contribution in [0.25, 0.3) is 11.4 Å². The standard InChI is InChI=1S/C15H19N7O/c1-21-10-22(15(14(21)23)6-8-16-9-7-15)12-4-2-11(3-5-12)13-17-19-20-18-13/h2-5,16H,6-10H2,1H3,(H,17,18,19,20). The molecule has 23 heavy (non-hydrogen) atoms. The topological polar surface area (TPSA) is 90.0 Å². The molecule has 2 fully saturated rings. The van der Waals surface area contributed by atoms with Crippen molar-refractivity contribution in [2.45, 2.75) is 18.4 Å². The lowest BCUT2D eigenvalue weighted by Gasteiger charge is -2.40. The van der Waals surface area contributed by atoms with E-state index in [0.29, 0.717) is 12.5 Å². The lowest BCUT2D eigenvalue weighted by Crippen LogP contribution is -2.55. The van der Waals surface area contributed by atoms with Crippen LogP contribution < -0.4 is 10.2 Å². The van der Waals surface area contributed by atoms with Crippen molar-refractivity contribution in [3.63, 3.8) is 0 Å². The number of aromatic nitrogens is 4. The van der Waals surface area contributed by atoms with Gasteiger partial charge in [-0.3, -0.25) is 4.79 Å². The second-order valence-electron chi connectivity index (χ2n) is 6.14. The fraction of sp³-hybridized carbons (Fsp3) is 0.467. The molecule has 1 spiro atoms. The number of rotatable bonds is 2. The van der Waals surface area contributed by atoms with Gasteiger partial charge < -0.3 is 15.1 Å². The summed E-state index contributed by atoms with van der Waals surface area (Å²) in [4.78, 5) is 16.8. The first-order valence-corrected chi connectivity index (χ1v) is 7.78. The van der Waals surface area contributed by atoms with E-state index >= 15 is 0 Å². The first-order valence-electron chi connectivity index (χ1n) is 7.78. The molecule has 2 aliphatic rings. The van der Waals surface area contributed by atoms with E-state index in [1.165, 1.54) is 0 Å². The first-order chi connectivity index (χ1) is 11.2. The van der Waals surface area contributed by atoms with E-state index in [1.807, 2.05) is 36.2 Å². The second kappa shape index (κ2) is 5.31. The summed E-state index contributed by atoms with van der Waals surface area (Å²) in [5, 5.41) is 17.4. The Balaban J connectivity index is 1.67. The highest BCUT2D eigenvalue weighted by Crippen LogP contribution is 2.37. The quantitative estimate of drug-likeness (QED) is 0.824. The number of carbonyl (C=O) groups excluding carboxylic acids is 1. The van der Waals surface area contributed by atoms with Gasteiger partial charge in [-0.1, -0.05) is 0 Å². The molecule has 0 aliphatic carbocycles. The van der Waals surface area contributed by atoms with Gasteiger partial charge in [0, 0.05) is 18.3 Å². The largest absolute Gasteiger partial charge is 0.339 e. The smallest absolute Gasteiger partial charge is 0.249 e. The number of nitrogens with one attached hydrogen (secondary N) is 2. The van der Waals surface area contributed by atoms with E-state index in [1.54, 1.807) is 0 Å². The van der Waals surface area contributed by atoms with Crippen LogP contribution in [0.5, 0.6) is 0 Å². The Morgan fingerprint density at radius 2 is 1.91 bits per heavy atom. The van der Waals surface area contributed by atoms with Gasteiger partial charge in [0.2, 0.25) is 11.7 Å². The molecule has 4 rings (SSSR count). The van der Waals surface area contributed by atoms with Crippen molar-refractivity contribution in [1.29, 1.82) is 0 Å². The second-order valence-corrected chi connectivity index (χ2v) is 6.14. The van der Waals surface area contributed by atoms with Crippen molar-refractivity contribution in [1.82, 2.24) is 30.8 Å². The monoisotopic (exact) mass is 313 g/mol. The van der Waals surface area contributed by atoms with Crippen LogP contribution in [0.4, 0.5) is 5.69 Å². The van der Waals surface area contributed by atoms with Gasteiger partial charge in [-0.15, -0.1) is 10.2 Å². The lowest BCUT2D eigenvalue weighted by molar-refractivity contribution is -0.131. The summed E-state index contributed by atoms with van der Waals surface area (Å²) in [6.07, 6.45) is 1.67. The number of carbonyl (C=O) groups is 1. The zero-order valence-electron chi connectivity index (χ0n) is 13.0. The molecule has 0 radical (unpaired) electrons. The van der Waals surface area contributed by atoms with Crippen LogP contribution in [0.2, 0.25) is 0 Å². The van der Waals surface area contributed by atoms with Gasteiger partial charge in [0.15, 0.2) is 0 Å². The number of nitrogens with zero attached hydrogens (tertiary/aromatic N) is 5. The van der Waals surface area contributed by atoms with Gasteiger partial charge in [0.1, 0.15) is 5.54 Å². The molecule has 120 valence electrons. The van der Waals surface area contributed by atoms with Crippen LogP contribution in [0, 0.1) is 0 Å². The van der Waals surface area contributed by atoms with E-state index in [-0.39, 0.29) is 5.91 Å². The Bertz CT molecular complexity index is 691. The number of hydrogen-bond donors (Lipinski definition) is 2. The van der Waals surface area contributed by atoms with E-state index in [9.17, 15) is 4.79 Å². The Morgan fingerprint density at radius 3 is 2.57 bits per heavy atom. The van der Waals surface area contributed by atoms with Gasteiger partial charge in [0.05, 0.1) is 6.67 Å². The summed E-state index contributed by atoms with van der Waals surface area (Å²) in [5.74, 6) is 0.795. The number of amides is 1. The van der Waals surface area contributed by atoms with Crippen LogP contribution in [0.3, 0.4) is 0 Å². The maximum atomic E-state index is 12.7. The van der Waals surface area contributed by atoms with Crippen molar-refractivity contribution in [3.05, 3.63) is 24.3 Å². The number of H-pyrrole nitrogens is 1. The molecule has 1 aromatic carbocycles. The van der Waals surface area contributed by atoms with Crippen molar-refractivity contribution < 1.29 is 4.79 Å². The van der Waals surface area contributed by atoms with E-state index in [0.717, 1.165) is 37.2 Å². The predicted molar refractivity (Wildman–Crippen MR) is 84.6 cm³/mol. The van der Waals surface area contributed by atoms with Gasteiger partial charge in [0.25, 0.3) is 0 Å². The van der Waals surface area contributed by atoms with Crippen molar-refractivity contribution in [2.75, 3.05) is 31.7 Å². The fourth-order valence-corrected chi connectivity index (χ4v) is 3.61. The molecule has 8 nitrogen and oxygen atoms in total. The summed E-state index contributed by atoms with van der Waals surface area (Å²) in [7, 11) is 1.87. The predicted octanol–water partition coefficient (Wildman–Crippen LogP) is 0.225. The average molecular weight is 313 g/mol. The highest BCUT2D eigenvalue weighted by Gasteiger charge is 2.51. The van der Waals surface area contributed by atoms with Crippen molar-refractivity contribution >= 4 is 11.6 Å². The third kappa shape index (κ3) is 2.17. The van der Waals surface area contributed by atoms with Crippen molar-refractivity contribution in [3.8, 4) is 11.4 Å². The minimum Gasteiger partial charge on any atom is -0.339 e. The molecule has 2 aliphatic heterocycles. The number of hydrogen-bond acceptors (Lipinski definition) is 6. The molecular weight excluding hydrogens is 294 g/mol. The first kappa shape index (κ1) is 14.1. The number of aromatic amines is 1. The highest BCUT2D eigenvalue weighted by atomic mass is 16.2. The third-order valence-electron chi connectivity index (χ3n) is 4.83. The number of benzene rings is 1. The maximum absolute atomic E-state index is 12.7. The number of tetrazole rings is 1. The Kier molecular flexibility index (Phi) is 3.26. The van der Waals surface area contributed by atoms with Gasteiger partial charge in [-0.25, -0.2) is 0 Å². The van der Waals surface area contributed by atoms with Crippen LogP contribution in [0.1, 0.15) is 12.8 Å². The number of likely N-dealkylation sites (N-methyl/N-ethyl adjacent to an activating group) is 1. The minimum atomic E-state index is -0.409. The van der Waals surface area contributed by atoms with Gasteiger partial charge >= 0.3 is 0 Å². The SMILES string of the molecule is CN1CN(c2ccc(-c3nn[nH]n3)cc2)C2(CCNCC2)C1=O. The molecule has 1 amide bonds. The fourth-order valence-electron chi connectivity index (χ4n) is 3.61. The molecule has 8 heteroatoms. The molecule has 2 saturated heterocycles. The molecule has 0 atom stereocenters. The Morgan fingerprint density at radius 1 is 1.17 bits per heavy atom. The summed E-state index contributed by atoms with van der Waals surface area (Å²) < 4.78 is 0. The molecule has 3 heterocycles. The van der Waals surface area contributed by atoms with E-state index in [4.69, 9.17) is 0 Å². The number of piperidine rings is 1. The molecule has 0 unspecified atom stereocenters. The summed E-state index contributed by atoms with van der Waals surface area (Å²) >= 11 is 0. The molecule has 0 bridgehead atoms. The van der Waals surface area contributed by atoms with Crippen molar-refractivity contribution in [2.24, 2.45) is 0 Å². The zero-order valence-corrected chi connectivity index (χ0v) is 13.0.